The summed E-state index contributed by atoms with van der Waals surface area (Å²) in [5, 5.41) is 40.9. The van der Waals surface area contributed by atoms with Crippen LogP contribution < -0.4 is 36.4 Å². The lowest BCUT2D eigenvalue weighted by molar-refractivity contribution is -0.161. The molecule has 5 aliphatic heterocycles. The monoisotopic (exact) mass is 1010 g/mol. The Balaban J connectivity index is 0.000000157. The lowest BCUT2D eigenvalue weighted by Crippen LogP contribution is -2.61. The summed E-state index contributed by atoms with van der Waals surface area (Å²) in [7, 11) is 2.02. The molecular formula is C47H57F2N9O12S. The maximum atomic E-state index is 15.0. The average molecular weight is 1010 g/mol. The summed E-state index contributed by atoms with van der Waals surface area (Å²) < 4.78 is 39.0. The molecule has 0 bridgehead atoms. The number of ether oxygens (including phenoxy) is 1. The summed E-state index contributed by atoms with van der Waals surface area (Å²) in [6, 6.07) is 3.84. The molecule has 4 atom stereocenters. The van der Waals surface area contributed by atoms with Gasteiger partial charge in [-0.3, -0.25) is 19.4 Å². The molecule has 1 amide bonds. The molecule has 21 nitrogen and oxygen atoms in total. The first-order valence-corrected chi connectivity index (χ1v) is 24.0. The number of aliphatic hydroxyl groups is 1. The number of carboxylic acids is 3. The second kappa shape index (κ2) is 21.4. The van der Waals surface area contributed by atoms with Crippen LogP contribution in [0, 0.1) is 17.6 Å². The van der Waals surface area contributed by atoms with Gasteiger partial charge in [0.15, 0.2) is 11.6 Å². The number of β-lactam (4-membered cyclic amide) rings is 1. The predicted molar refractivity (Wildman–Crippen MR) is 262 cm³/mol. The van der Waals surface area contributed by atoms with Crippen LogP contribution in [0.15, 0.2) is 55.8 Å². The fourth-order valence-electron chi connectivity index (χ4n) is 9.66. The number of aliphatic imine (C=N–C) groups is 1. The third kappa shape index (κ3) is 10.2. The number of carboxylic acid groups (broad SMARTS) is 3. The van der Waals surface area contributed by atoms with Crippen LogP contribution in [-0.2, 0) is 9.59 Å². The molecule has 0 unspecified atom stereocenters. The van der Waals surface area contributed by atoms with Crippen molar-refractivity contribution in [2.24, 2.45) is 16.6 Å². The largest absolute Gasteiger partial charge is 0.487 e. The Labute approximate surface area is 409 Å². The highest BCUT2D eigenvalue weighted by Gasteiger charge is 2.56. The maximum Gasteiger partial charge on any atom is 0.353 e. The van der Waals surface area contributed by atoms with E-state index in [2.05, 4.69) is 15.2 Å². The van der Waals surface area contributed by atoms with Gasteiger partial charge in [-0.1, -0.05) is 0 Å². The SMILES string of the molecule is C[C@@H](O)[C@H]1C(=O)N2C(C(=O)O)=C(SCCN=CN)C[C@H]12.C[C@H]1COc2c(N3CCN(C)CC3)c(F)cc3c(=O)c(C(=O)O)cn1c23.O.O=C(O)c1cn(C2CC2)c2cc(N3CCNCC3)c(F)cc2c1=O. The fourth-order valence-corrected chi connectivity index (χ4v) is 10.7. The number of anilines is 2. The first-order valence-electron chi connectivity index (χ1n) is 23.0. The fraction of sp³-hybridized carbons (Fsp3) is 0.468. The lowest BCUT2D eigenvalue weighted by atomic mass is 9.83. The van der Waals surface area contributed by atoms with Gasteiger partial charge in [0.05, 0.1) is 59.1 Å². The number of carbonyl (C=O) groups is 4. The summed E-state index contributed by atoms with van der Waals surface area (Å²) in [5.74, 6) is -4.60. The first-order chi connectivity index (χ1) is 33.4. The van der Waals surface area contributed by atoms with Crippen molar-refractivity contribution in [1.29, 1.82) is 0 Å². The molecule has 10 rings (SSSR count). The van der Waals surface area contributed by atoms with Crippen molar-refractivity contribution in [3.05, 3.63) is 84.4 Å². The number of aliphatic hydroxyl groups excluding tert-OH is 1. The Kier molecular flexibility index (Phi) is 15.7. The molecule has 24 heteroatoms. The number of hydrogen-bond donors (Lipinski definition) is 6. The number of pyridine rings is 2. The third-order valence-electron chi connectivity index (χ3n) is 13.4. The van der Waals surface area contributed by atoms with E-state index in [1.807, 2.05) is 28.3 Å². The minimum atomic E-state index is -1.32. The molecule has 382 valence electrons. The highest BCUT2D eigenvalue weighted by molar-refractivity contribution is 8.03. The quantitative estimate of drug-likeness (QED) is 0.0541. The van der Waals surface area contributed by atoms with Gasteiger partial charge in [-0.25, -0.2) is 23.2 Å². The van der Waals surface area contributed by atoms with E-state index in [0.29, 0.717) is 78.0 Å². The first kappa shape index (κ1) is 52.2. The van der Waals surface area contributed by atoms with Crippen molar-refractivity contribution in [2.45, 2.75) is 57.3 Å². The van der Waals surface area contributed by atoms with Crippen LogP contribution in [0.1, 0.15) is 65.9 Å². The van der Waals surface area contributed by atoms with E-state index in [1.54, 1.807) is 17.6 Å². The Morgan fingerprint density at radius 3 is 2.11 bits per heavy atom. The number of nitrogens with zero attached hydrogens (tertiary/aromatic N) is 7. The zero-order chi connectivity index (χ0) is 50.3. The van der Waals surface area contributed by atoms with Crippen LogP contribution in [0.3, 0.4) is 0 Å². The van der Waals surface area contributed by atoms with Gasteiger partial charge in [0, 0.05) is 93.3 Å². The van der Waals surface area contributed by atoms with Crippen LogP contribution in [0.4, 0.5) is 20.2 Å². The molecule has 2 aromatic carbocycles. The van der Waals surface area contributed by atoms with Gasteiger partial charge in [-0.15, -0.1) is 11.8 Å². The van der Waals surface area contributed by atoms with Crippen LogP contribution in [0.5, 0.6) is 5.75 Å². The standard InChI is InChI=1S/C18H20FN3O4.C17H18FN3O3.C12H17N3O4S.H2O/c1-10-9-26-17-14-11(16(23)12(18(24)25)8-22(10)14)7-13(19)15(17)21-5-3-20(2)4-6-21;18-13-7-11-14(8-15(13)20-5-3-19-4-6-20)21(10-1-2-10)9-12(16(11)22)17(23)24;1-6(16)9-7-4-8(20-3-2-14-5-13)10(12(18)19)15(7)11(9)17;/h7-8,10H,3-6,9H2,1-2H3,(H,24,25);7-10,19H,1-6H2,(H,23,24);5-7,9,16H,2-4H2,1H3,(H2,13,14)(H,18,19);1H2/t10-;;6-,7-,9-;/m0.1./s1. The average Bonchev–Trinajstić information content (AvgIpc) is 4.12. The number of aliphatic carboxylic acids is 1. The summed E-state index contributed by atoms with van der Waals surface area (Å²) in [6.07, 6.45) is 5.57. The molecule has 4 fully saturated rings. The highest BCUT2D eigenvalue weighted by atomic mass is 32.2. The highest BCUT2D eigenvalue weighted by Crippen LogP contribution is 2.47. The van der Waals surface area contributed by atoms with Gasteiger partial charge in [0.2, 0.25) is 16.8 Å². The van der Waals surface area contributed by atoms with Crippen molar-refractivity contribution in [2.75, 3.05) is 88.1 Å². The Morgan fingerprint density at radius 2 is 1.52 bits per heavy atom. The number of rotatable bonds is 11. The summed E-state index contributed by atoms with van der Waals surface area (Å²) >= 11 is 1.38. The molecule has 3 saturated heterocycles. The van der Waals surface area contributed by atoms with E-state index < -0.39 is 52.4 Å². The zero-order valence-corrected chi connectivity index (χ0v) is 40.1. The second-order valence-corrected chi connectivity index (χ2v) is 19.3. The number of benzene rings is 2. The number of piperazine rings is 2. The number of amides is 1. The number of likely N-dealkylation sites (N-methyl/N-ethyl adjacent to an activating group) is 1. The molecule has 9 N–H and O–H groups in total. The topological polar surface area (TPSA) is 297 Å². The number of nitrogens with one attached hydrogen (secondary N) is 1. The Hall–Kier alpha value is -6.60. The summed E-state index contributed by atoms with van der Waals surface area (Å²) in [5.41, 5.74) is 5.12. The molecule has 0 radical (unpaired) electrons. The van der Waals surface area contributed by atoms with Crippen LogP contribution in [0.25, 0.3) is 21.8 Å². The van der Waals surface area contributed by atoms with E-state index in [9.17, 15) is 58.0 Å². The molecule has 4 aromatic rings. The van der Waals surface area contributed by atoms with Crippen molar-refractivity contribution in [3.63, 3.8) is 0 Å². The molecule has 1 saturated carbocycles. The van der Waals surface area contributed by atoms with Gasteiger partial charge in [0.25, 0.3) is 0 Å². The second-order valence-electron chi connectivity index (χ2n) is 18.1. The van der Waals surface area contributed by atoms with Gasteiger partial charge < -0.3 is 70.4 Å². The number of aromatic carboxylic acids is 2. The number of hydrogen-bond acceptors (Lipinski definition) is 14. The minimum absolute atomic E-state index is 0. The van der Waals surface area contributed by atoms with Gasteiger partial charge in [-0.05, 0) is 51.9 Å². The molecule has 1 aliphatic carbocycles. The Morgan fingerprint density at radius 1 is 0.901 bits per heavy atom. The van der Waals surface area contributed by atoms with E-state index in [0.717, 1.165) is 45.1 Å². The smallest absolute Gasteiger partial charge is 0.353 e. The van der Waals surface area contributed by atoms with E-state index in [-0.39, 0.29) is 63.7 Å². The van der Waals surface area contributed by atoms with E-state index in [1.165, 1.54) is 41.5 Å². The lowest BCUT2D eigenvalue weighted by Gasteiger charge is -2.44. The molecular weight excluding hydrogens is 953 g/mol. The van der Waals surface area contributed by atoms with Gasteiger partial charge in [0.1, 0.15) is 34.9 Å². The molecule has 0 spiro atoms. The van der Waals surface area contributed by atoms with Gasteiger partial charge in [-0.2, -0.15) is 0 Å². The maximum absolute atomic E-state index is 15.0. The van der Waals surface area contributed by atoms with E-state index >= 15 is 0 Å². The van der Waals surface area contributed by atoms with Crippen LogP contribution in [0.2, 0.25) is 0 Å². The van der Waals surface area contributed by atoms with Gasteiger partial charge >= 0.3 is 17.9 Å². The number of carbonyl (C=O) groups excluding carboxylic acids is 1. The van der Waals surface area contributed by atoms with Crippen molar-refractivity contribution in [1.82, 2.24) is 24.3 Å². The number of halogens is 2. The minimum Gasteiger partial charge on any atom is -0.487 e. The Bertz CT molecular complexity index is 2950. The molecule has 6 aliphatic rings. The van der Waals surface area contributed by atoms with Crippen molar-refractivity contribution >= 4 is 75.1 Å². The summed E-state index contributed by atoms with van der Waals surface area (Å²) in [6.45, 7) is 10.1. The molecule has 7 heterocycles. The normalized spacial score (nSPS) is 21.1. The molecule has 2 aromatic heterocycles. The van der Waals surface area contributed by atoms with Crippen LogP contribution >= 0.6 is 11.8 Å². The third-order valence-corrected chi connectivity index (χ3v) is 14.5. The summed E-state index contributed by atoms with van der Waals surface area (Å²) in [4.78, 5) is 82.9. The van der Waals surface area contributed by atoms with Crippen molar-refractivity contribution in [3.8, 4) is 5.75 Å². The predicted octanol–water partition coefficient (Wildman–Crippen LogP) is 1.92. The number of aromatic nitrogens is 2. The molecule has 71 heavy (non-hydrogen) atoms. The van der Waals surface area contributed by atoms with Crippen molar-refractivity contribution < 1.29 is 58.6 Å². The zero-order valence-electron chi connectivity index (χ0n) is 39.3. The number of thioether (sulfide) groups is 1. The number of fused-ring (bicyclic) bond motifs is 2. The van der Waals surface area contributed by atoms with Crippen LogP contribution in [-0.4, -0.2) is 165 Å². The van der Waals surface area contributed by atoms with E-state index in [4.69, 9.17) is 10.5 Å². The number of nitrogens with two attached hydrogens (primary N) is 1.